The van der Waals surface area contributed by atoms with E-state index < -0.39 is 0 Å². The van der Waals surface area contributed by atoms with Crippen LogP contribution in [0.2, 0.25) is 0 Å². The highest BCUT2D eigenvalue weighted by atomic mass is 79.9. The van der Waals surface area contributed by atoms with E-state index in [2.05, 4.69) is 22.9 Å². The minimum absolute atomic E-state index is 0.0320. The second kappa shape index (κ2) is 5.79. The van der Waals surface area contributed by atoms with Gasteiger partial charge in [-0.25, -0.2) is 0 Å². The van der Waals surface area contributed by atoms with Gasteiger partial charge < -0.3 is 4.74 Å². The summed E-state index contributed by atoms with van der Waals surface area (Å²) in [6, 6.07) is 1.73. The van der Waals surface area contributed by atoms with Crippen LogP contribution in [0.4, 0.5) is 5.69 Å². The van der Waals surface area contributed by atoms with Crippen LogP contribution in [0.25, 0.3) is 0 Å². The second-order valence-corrected chi connectivity index (χ2v) is 8.69. The fraction of sp³-hybridized carbons (Fsp3) is 0.632. The Morgan fingerprint density at radius 2 is 2.08 bits per heavy atom. The lowest BCUT2D eigenvalue weighted by molar-refractivity contribution is -0.385. The predicted molar refractivity (Wildman–Crippen MR) is 97.0 cm³/mol. The van der Waals surface area contributed by atoms with Gasteiger partial charge in [0.15, 0.2) is 0 Å². The molecule has 2 fully saturated rings. The zero-order chi connectivity index (χ0) is 17.9. The van der Waals surface area contributed by atoms with Crippen LogP contribution in [-0.4, -0.2) is 17.8 Å². The molecule has 0 spiro atoms. The van der Waals surface area contributed by atoms with Crippen LogP contribution in [0.3, 0.4) is 0 Å². The van der Waals surface area contributed by atoms with Gasteiger partial charge in [0.05, 0.1) is 16.5 Å². The first kappa shape index (κ1) is 17.0. The van der Waals surface area contributed by atoms with E-state index in [1.54, 1.807) is 6.07 Å². The van der Waals surface area contributed by atoms with Gasteiger partial charge in [0.1, 0.15) is 5.78 Å². The second-order valence-electron chi connectivity index (χ2n) is 7.90. The molecule has 0 bridgehead atoms. The molecule has 0 heterocycles. The van der Waals surface area contributed by atoms with Crippen LogP contribution < -0.4 is 4.74 Å². The minimum atomic E-state index is -0.362. The van der Waals surface area contributed by atoms with E-state index in [-0.39, 0.29) is 16.0 Å². The summed E-state index contributed by atoms with van der Waals surface area (Å²) in [5, 5.41) is 11.5. The number of nitro groups is 1. The SMILES string of the molecule is COc1c([N+](=O)[O-])cc2c(c1Br)CC[C@@H]1[C@@H]2CC[C@]2(C)C(=O)CC[C@@H]12. The van der Waals surface area contributed by atoms with Gasteiger partial charge in [-0.3, -0.25) is 14.9 Å². The number of ketones is 1. The summed E-state index contributed by atoms with van der Waals surface area (Å²) in [5.41, 5.74) is 2.10. The number of nitro benzene ring substituents is 1. The van der Waals surface area contributed by atoms with Gasteiger partial charge in [0.25, 0.3) is 0 Å². The lowest BCUT2D eigenvalue weighted by atomic mass is 9.55. The van der Waals surface area contributed by atoms with Crippen molar-refractivity contribution in [2.24, 2.45) is 17.3 Å². The molecule has 0 aliphatic heterocycles. The number of halogens is 1. The van der Waals surface area contributed by atoms with Crippen molar-refractivity contribution in [1.82, 2.24) is 0 Å². The normalized spacial score (nSPS) is 33.4. The Labute approximate surface area is 155 Å². The Morgan fingerprint density at radius 3 is 2.76 bits per heavy atom. The number of carbonyl (C=O) groups excluding carboxylic acids is 1. The first-order valence-electron chi connectivity index (χ1n) is 8.95. The Hall–Kier alpha value is -1.43. The summed E-state index contributed by atoms with van der Waals surface area (Å²) < 4.78 is 6.04. The van der Waals surface area contributed by atoms with Crippen molar-refractivity contribution in [1.29, 1.82) is 0 Å². The molecular formula is C19H22BrNO4. The number of benzene rings is 1. The van der Waals surface area contributed by atoms with Gasteiger partial charge in [-0.2, -0.15) is 0 Å². The summed E-state index contributed by atoms with van der Waals surface area (Å²) in [5.74, 6) is 1.93. The Kier molecular flexibility index (Phi) is 3.94. The molecule has 2 saturated carbocycles. The summed E-state index contributed by atoms with van der Waals surface area (Å²) in [6.45, 7) is 2.14. The number of Topliss-reactive ketones (excluding diaryl/α,β-unsaturated/α-hetero) is 1. The molecule has 1 aromatic carbocycles. The fourth-order valence-corrected chi connectivity index (χ4v) is 6.54. The van der Waals surface area contributed by atoms with Crippen LogP contribution in [0.15, 0.2) is 10.5 Å². The minimum Gasteiger partial charge on any atom is -0.489 e. The van der Waals surface area contributed by atoms with Gasteiger partial charge >= 0.3 is 5.69 Å². The van der Waals surface area contributed by atoms with E-state index in [4.69, 9.17) is 4.74 Å². The number of carbonyl (C=O) groups is 1. The van der Waals surface area contributed by atoms with Crippen molar-refractivity contribution in [3.63, 3.8) is 0 Å². The molecule has 3 aliphatic rings. The number of fused-ring (bicyclic) bond motifs is 5. The van der Waals surface area contributed by atoms with E-state index in [0.29, 0.717) is 35.7 Å². The van der Waals surface area contributed by atoms with E-state index in [1.807, 2.05) is 0 Å². The van der Waals surface area contributed by atoms with Crippen LogP contribution in [0.1, 0.15) is 56.1 Å². The highest BCUT2D eigenvalue weighted by Crippen LogP contribution is 2.60. The lowest BCUT2D eigenvalue weighted by Gasteiger charge is -2.48. The lowest BCUT2D eigenvalue weighted by Crippen LogP contribution is -2.42. The monoisotopic (exact) mass is 407 g/mol. The quantitative estimate of drug-likeness (QED) is 0.521. The summed E-state index contributed by atoms with van der Waals surface area (Å²) in [7, 11) is 1.47. The van der Waals surface area contributed by atoms with Crippen molar-refractivity contribution in [3.8, 4) is 5.75 Å². The van der Waals surface area contributed by atoms with Gasteiger partial charge in [-0.15, -0.1) is 0 Å². The third-order valence-electron chi connectivity index (χ3n) is 7.01. The zero-order valence-electron chi connectivity index (χ0n) is 14.5. The van der Waals surface area contributed by atoms with Gasteiger partial charge in [0, 0.05) is 17.9 Å². The molecule has 4 atom stereocenters. The molecule has 134 valence electrons. The molecule has 0 N–H and O–H groups in total. The number of ether oxygens (including phenoxy) is 1. The molecule has 0 radical (unpaired) electrons. The average Bonchev–Trinajstić information content (AvgIpc) is 2.89. The third-order valence-corrected chi connectivity index (χ3v) is 7.85. The van der Waals surface area contributed by atoms with E-state index in [9.17, 15) is 14.9 Å². The van der Waals surface area contributed by atoms with Crippen LogP contribution in [0, 0.1) is 27.4 Å². The van der Waals surface area contributed by atoms with E-state index >= 15 is 0 Å². The molecule has 1 aromatic rings. The van der Waals surface area contributed by atoms with Gasteiger partial charge in [-0.05, 0) is 76.9 Å². The average molecular weight is 408 g/mol. The number of hydrogen-bond acceptors (Lipinski definition) is 4. The fourth-order valence-electron chi connectivity index (χ4n) is 5.75. The van der Waals surface area contributed by atoms with Crippen molar-refractivity contribution in [3.05, 3.63) is 31.8 Å². The topological polar surface area (TPSA) is 69.4 Å². The highest BCUT2D eigenvalue weighted by Gasteiger charge is 2.55. The molecule has 3 aliphatic carbocycles. The molecule has 0 amide bonds. The molecule has 4 rings (SSSR count). The number of rotatable bonds is 2. The number of hydrogen-bond donors (Lipinski definition) is 0. The van der Waals surface area contributed by atoms with Crippen molar-refractivity contribution < 1.29 is 14.5 Å². The zero-order valence-corrected chi connectivity index (χ0v) is 16.1. The standard InChI is InChI=1S/C19H22BrNO4/c1-19-8-7-10-11(14(19)5-6-16(19)22)3-4-12-13(10)9-15(21(23)24)18(25-2)17(12)20/h9-11,14H,3-8H2,1-2H3/t10-,11+,14-,19-/m0/s1. The smallest absolute Gasteiger partial charge is 0.312 e. The molecule has 5 nitrogen and oxygen atoms in total. The summed E-state index contributed by atoms with van der Waals surface area (Å²) in [6.07, 6.45) is 5.44. The first-order valence-corrected chi connectivity index (χ1v) is 9.74. The van der Waals surface area contributed by atoms with Crippen LogP contribution >= 0.6 is 15.9 Å². The van der Waals surface area contributed by atoms with Crippen molar-refractivity contribution >= 4 is 27.4 Å². The molecule has 0 aromatic heterocycles. The predicted octanol–water partition coefficient (Wildman–Crippen LogP) is 4.79. The maximum absolute atomic E-state index is 12.4. The number of nitrogens with zero attached hydrogens (tertiary/aromatic N) is 1. The molecule has 0 unspecified atom stereocenters. The van der Waals surface area contributed by atoms with E-state index in [0.717, 1.165) is 47.7 Å². The Bertz CT molecular complexity index is 777. The number of methoxy groups -OCH3 is 1. The van der Waals surface area contributed by atoms with E-state index in [1.165, 1.54) is 7.11 Å². The largest absolute Gasteiger partial charge is 0.489 e. The summed E-state index contributed by atoms with van der Waals surface area (Å²) in [4.78, 5) is 23.6. The Morgan fingerprint density at radius 1 is 1.32 bits per heavy atom. The summed E-state index contributed by atoms with van der Waals surface area (Å²) >= 11 is 3.56. The van der Waals surface area contributed by atoms with Crippen molar-refractivity contribution in [2.45, 2.75) is 51.4 Å². The highest BCUT2D eigenvalue weighted by molar-refractivity contribution is 9.10. The van der Waals surface area contributed by atoms with Crippen LogP contribution in [0.5, 0.6) is 5.75 Å². The molecule has 0 saturated heterocycles. The maximum Gasteiger partial charge on any atom is 0.312 e. The molecule has 6 heteroatoms. The third kappa shape index (κ3) is 2.29. The Balaban J connectivity index is 1.81. The molecular weight excluding hydrogens is 386 g/mol. The van der Waals surface area contributed by atoms with Gasteiger partial charge in [0.2, 0.25) is 5.75 Å². The first-order chi connectivity index (χ1) is 11.9. The maximum atomic E-state index is 12.4. The van der Waals surface area contributed by atoms with Crippen molar-refractivity contribution in [2.75, 3.05) is 7.11 Å². The molecule has 25 heavy (non-hydrogen) atoms. The van der Waals surface area contributed by atoms with Crippen LogP contribution in [-0.2, 0) is 11.2 Å². The van der Waals surface area contributed by atoms with Gasteiger partial charge in [-0.1, -0.05) is 6.92 Å².